The van der Waals surface area contributed by atoms with Crippen molar-refractivity contribution in [2.45, 2.75) is 19.4 Å². The van der Waals surface area contributed by atoms with Gasteiger partial charge in [-0.15, -0.1) is 11.3 Å². The lowest BCUT2D eigenvalue weighted by molar-refractivity contribution is -0.131. The second kappa shape index (κ2) is 10.1. The fourth-order valence-corrected chi connectivity index (χ4v) is 4.10. The molecular formula is C21H28N4O2S. The van der Waals surface area contributed by atoms with Gasteiger partial charge in [0, 0.05) is 45.0 Å². The third-order valence-electron chi connectivity index (χ3n) is 4.79. The molecule has 2 heterocycles. The number of ether oxygens (including phenoxy) is 1. The van der Waals surface area contributed by atoms with Gasteiger partial charge in [0.15, 0.2) is 5.96 Å². The average Bonchev–Trinajstić information content (AvgIpc) is 3.19. The molecule has 1 aromatic heterocycles. The maximum atomic E-state index is 12.5. The fraction of sp³-hybridized carbons (Fsp3) is 0.429. The van der Waals surface area contributed by atoms with Crippen LogP contribution < -0.4 is 10.1 Å². The molecule has 0 aliphatic carbocycles. The number of nitrogens with one attached hydrogen (secondary N) is 1. The first-order valence-corrected chi connectivity index (χ1v) is 10.5. The van der Waals surface area contributed by atoms with Crippen molar-refractivity contribution in [1.29, 1.82) is 0 Å². The van der Waals surface area contributed by atoms with Crippen LogP contribution in [0.2, 0.25) is 0 Å². The minimum Gasteiger partial charge on any atom is -0.492 e. The van der Waals surface area contributed by atoms with Crippen molar-refractivity contribution >= 4 is 23.2 Å². The van der Waals surface area contributed by atoms with Crippen molar-refractivity contribution < 1.29 is 9.53 Å². The normalized spacial score (nSPS) is 13.8. The third kappa shape index (κ3) is 5.48. The number of carbonyl (C=O) groups is 1. The van der Waals surface area contributed by atoms with Crippen LogP contribution in [0.15, 0.2) is 46.8 Å². The van der Waals surface area contributed by atoms with Gasteiger partial charge in [-0.3, -0.25) is 9.79 Å². The molecule has 1 aromatic carbocycles. The Hall–Kier alpha value is -2.54. The number of amides is 1. The smallest absolute Gasteiger partial charge is 0.224 e. The maximum Gasteiger partial charge on any atom is 0.224 e. The summed E-state index contributed by atoms with van der Waals surface area (Å²) in [6.45, 7) is 3.40. The zero-order chi connectivity index (χ0) is 19.8. The van der Waals surface area contributed by atoms with Crippen LogP contribution in [0.25, 0.3) is 0 Å². The summed E-state index contributed by atoms with van der Waals surface area (Å²) >= 11 is 1.79. The molecule has 0 fully saturated rings. The predicted octanol–water partition coefficient (Wildman–Crippen LogP) is 2.61. The maximum absolute atomic E-state index is 12.5. The number of carbonyl (C=O) groups excluding carboxylic acids is 1. The molecule has 1 aliphatic heterocycles. The van der Waals surface area contributed by atoms with Crippen molar-refractivity contribution in [3.8, 4) is 5.75 Å². The first-order chi connectivity index (χ1) is 13.7. The van der Waals surface area contributed by atoms with E-state index in [9.17, 15) is 4.79 Å². The summed E-state index contributed by atoms with van der Waals surface area (Å²) in [6, 6.07) is 11.9. The lowest BCUT2D eigenvalue weighted by Crippen LogP contribution is -2.43. The van der Waals surface area contributed by atoms with Crippen LogP contribution in [0.4, 0.5) is 0 Å². The zero-order valence-electron chi connectivity index (χ0n) is 16.6. The highest BCUT2D eigenvalue weighted by atomic mass is 32.1. The first kappa shape index (κ1) is 20.2. The number of guanidine groups is 1. The Morgan fingerprint density at radius 1 is 1.32 bits per heavy atom. The van der Waals surface area contributed by atoms with Gasteiger partial charge in [-0.2, -0.15) is 0 Å². The topological polar surface area (TPSA) is 57.2 Å². The van der Waals surface area contributed by atoms with Crippen molar-refractivity contribution in [1.82, 2.24) is 15.1 Å². The van der Waals surface area contributed by atoms with Crippen LogP contribution in [0.3, 0.4) is 0 Å². The summed E-state index contributed by atoms with van der Waals surface area (Å²) < 4.78 is 5.73. The summed E-state index contributed by atoms with van der Waals surface area (Å²) in [7, 11) is 3.72. The zero-order valence-corrected chi connectivity index (χ0v) is 17.4. The number of para-hydroxylation sites is 1. The lowest BCUT2D eigenvalue weighted by Gasteiger charge is -2.27. The monoisotopic (exact) mass is 400 g/mol. The van der Waals surface area contributed by atoms with Crippen molar-refractivity contribution in [3.05, 3.63) is 52.2 Å². The Balaban J connectivity index is 1.37. The van der Waals surface area contributed by atoms with Gasteiger partial charge in [0.2, 0.25) is 5.91 Å². The number of hydrogen-bond acceptors (Lipinski definition) is 4. The molecule has 0 saturated carbocycles. The molecule has 0 saturated heterocycles. The van der Waals surface area contributed by atoms with E-state index in [1.807, 2.05) is 47.2 Å². The standard InChI is InChI=1S/C21H28N4O2S/c1-22-21(24(2)13-14-27-18-6-4-3-5-7-18)23-11-8-20(26)25-12-9-19-17(16-25)10-15-28-19/h3-7,10,15H,8-9,11-14,16H2,1-2H3,(H,22,23). The van der Waals surface area contributed by atoms with Crippen molar-refractivity contribution in [3.63, 3.8) is 0 Å². The summed E-state index contributed by atoms with van der Waals surface area (Å²) in [5.41, 5.74) is 1.30. The van der Waals surface area contributed by atoms with E-state index in [-0.39, 0.29) is 5.91 Å². The summed E-state index contributed by atoms with van der Waals surface area (Å²) in [4.78, 5) is 22.2. The van der Waals surface area contributed by atoms with Crippen LogP contribution in [0.5, 0.6) is 5.75 Å². The van der Waals surface area contributed by atoms with E-state index in [1.165, 1.54) is 10.4 Å². The molecule has 7 heteroatoms. The SMILES string of the molecule is CN=C(NCCC(=O)N1CCc2sccc2C1)N(C)CCOc1ccccc1. The van der Waals surface area contributed by atoms with Crippen LogP contribution in [0, 0.1) is 0 Å². The fourth-order valence-electron chi connectivity index (χ4n) is 3.21. The van der Waals surface area contributed by atoms with Gasteiger partial charge in [-0.05, 0) is 35.6 Å². The van der Waals surface area contributed by atoms with E-state index < -0.39 is 0 Å². The predicted molar refractivity (Wildman–Crippen MR) is 114 cm³/mol. The van der Waals surface area contributed by atoms with Crippen LogP contribution in [-0.2, 0) is 17.8 Å². The average molecular weight is 401 g/mol. The summed E-state index contributed by atoms with van der Waals surface area (Å²) in [6.07, 6.45) is 1.44. The molecular weight excluding hydrogens is 372 g/mol. The largest absolute Gasteiger partial charge is 0.492 e. The first-order valence-electron chi connectivity index (χ1n) is 9.60. The summed E-state index contributed by atoms with van der Waals surface area (Å²) in [5.74, 6) is 1.82. The van der Waals surface area contributed by atoms with Gasteiger partial charge < -0.3 is 19.9 Å². The Labute approximate surface area is 170 Å². The molecule has 1 aliphatic rings. The van der Waals surface area contributed by atoms with E-state index >= 15 is 0 Å². The molecule has 0 spiro atoms. The summed E-state index contributed by atoms with van der Waals surface area (Å²) in [5, 5.41) is 5.39. The number of rotatable bonds is 7. The highest BCUT2D eigenvalue weighted by Crippen LogP contribution is 2.24. The van der Waals surface area contributed by atoms with Crippen LogP contribution in [-0.4, -0.2) is 62.0 Å². The Bertz CT molecular complexity index is 791. The number of benzene rings is 1. The second-order valence-corrected chi connectivity index (χ2v) is 7.74. The minimum atomic E-state index is 0.190. The quantitative estimate of drug-likeness (QED) is 0.573. The van der Waals surface area contributed by atoms with E-state index in [4.69, 9.17) is 4.74 Å². The number of hydrogen-bond donors (Lipinski definition) is 1. The van der Waals surface area contributed by atoms with Gasteiger partial charge in [0.1, 0.15) is 12.4 Å². The molecule has 0 bridgehead atoms. The van der Waals surface area contributed by atoms with Crippen molar-refractivity contribution in [2.24, 2.45) is 4.99 Å². The molecule has 6 nitrogen and oxygen atoms in total. The highest BCUT2D eigenvalue weighted by molar-refractivity contribution is 7.10. The number of thiophene rings is 1. The Morgan fingerprint density at radius 2 is 2.14 bits per heavy atom. The van der Waals surface area contributed by atoms with Gasteiger partial charge in [-0.1, -0.05) is 18.2 Å². The third-order valence-corrected chi connectivity index (χ3v) is 5.82. The molecule has 3 rings (SSSR count). The van der Waals surface area contributed by atoms with Crippen LogP contribution >= 0.6 is 11.3 Å². The second-order valence-electron chi connectivity index (χ2n) is 6.74. The van der Waals surface area contributed by atoms with E-state index in [0.29, 0.717) is 26.1 Å². The lowest BCUT2D eigenvalue weighted by atomic mass is 10.1. The molecule has 2 aromatic rings. The molecule has 0 atom stereocenters. The molecule has 0 radical (unpaired) electrons. The molecule has 1 amide bonds. The van der Waals surface area contributed by atoms with E-state index in [0.717, 1.165) is 31.2 Å². The van der Waals surface area contributed by atoms with Gasteiger partial charge in [0.05, 0.1) is 6.54 Å². The molecule has 150 valence electrons. The minimum absolute atomic E-state index is 0.190. The van der Waals surface area contributed by atoms with Gasteiger partial charge in [-0.25, -0.2) is 0 Å². The number of aliphatic imine (C=N–C) groups is 1. The highest BCUT2D eigenvalue weighted by Gasteiger charge is 2.21. The Kier molecular flexibility index (Phi) is 7.31. The van der Waals surface area contributed by atoms with Crippen molar-refractivity contribution in [2.75, 3.05) is 40.3 Å². The molecule has 0 unspecified atom stereocenters. The molecule has 28 heavy (non-hydrogen) atoms. The van der Waals surface area contributed by atoms with Gasteiger partial charge in [0.25, 0.3) is 0 Å². The van der Waals surface area contributed by atoms with Crippen LogP contribution in [0.1, 0.15) is 16.9 Å². The van der Waals surface area contributed by atoms with E-state index in [1.54, 1.807) is 18.4 Å². The van der Waals surface area contributed by atoms with E-state index in [2.05, 4.69) is 21.8 Å². The Morgan fingerprint density at radius 3 is 2.93 bits per heavy atom. The van der Waals surface area contributed by atoms with Gasteiger partial charge >= 0.3 is 0 Å². The molecule has 1 N–H and O–H groups in total. The number of nitrogens with zero attached hydrogens (tertiary/aromatic N) is 3. The number of likely N-dealkylation sites (N-methyl/N-ethyl adjacent to an activating group) is 1. The number of fused-ring (bicyclic) bond motifs is 1.